The molecule has 2 heterocycles. The van der Waals surface area contributed by atoms with E-state index in [0.29, 0.717) is 72.6 Å². The Morgan fingerprint density at radius 2 is 1.83 bits per heavy atom. The highest BCUT2D eigenvalue weighted by molar-refractivity contribution is 6.31. The number of halogens is 5. The average Bonchev–Trinajstić information content (AvgIpc) is 3.45. The number of amides is 4. The SMILES string of the molecule is O=C(Nc1ccc(Cl)cc1N1CCN(CCC(F)(F)F)CC1)c1ccc(CNC(=O)N(C(=O)O)C2CCNC2)cc1F. The monoisotopic (exact) mass is 614 g/mol. The van der Waals surface area contributed by atoms with Gasteiger partial charge in [0.2, 0.25) is 0 Å². The molecule has 2 aromatic rings. The van der Waals surface area contributed by atoms with Crippen LogP contribution < -0.4 is 20.9 Å². The maximum Gasteiger partial charge on any atom is 0.415 e. The second-order valence-corrected chi connectivity index (χ2v) is 10.5. The molecule has 1 unspecified atom stereocenters. The highest BCUT2D eigenvalue weighted by Gasteiger charge is 2.32. The molecule has 4 amide bonds. The van der Waals surface area contributed by atoms with E-state index in [9.17, 15) is 37.1 Å². The number of urea groups is 1. The number of nitrogens with one attached hydrogen (secondary N) is 3. The topological polar surface area (TPSA) is 117 Å². The van der Waals surface area contributed by atoms with Crippen LogP contribution in [0.15, 0.2) is 36.4 Å². The van der Waals surface area contributed by atoms with E-state index in [1.54, 1.807) is 23.1 Å². The van der Waals surface area contributed by atoms with Crippen LogP contribution in [0.3, 0.4) is 0 Å². The van der Waals surface area contributed by atoms with E-state index < -0.39 is 42.5 Å². The van der Waals surface area contributed by atoms with Crippen LogP contribution in [0.25, 0.3) is 0 Å². The number of benzene rings is 2. The zero-order chi connectivity index (χ0) is 30.4. The molecule has 15 heteroatoms. The number of hydrogen-bond donors (Lipinski definition) is 4. The Morgan fingerprint density at radius 3 is 2.45 bits per heavy atom. The Hall–Kier alpha value is -3.62. The summed E-state index contributed by atoms with van der Waals surface area (Å²) in [5, 5.41) is 18.0. The number of anilines is 2. The molecule has 2 aliphatic heterocycles. The van der Waals surface area contributed by atoms with E-state index in [2.05, 4.69) is 16.0 Å². The number of imide groups is 1. The smallest absolute Gasteiger partial charge is 0.415 e. The third-order valence-electron chi connectivity index (χ3n) is 7.18. The van der Waals surface area contributed by atoms with Crippen molar-refractivity contribution in [3.63, 3.8) is 0 Å². The summed E-state index contributed by atoms with van der Waals surface area (Å²) < 4.78 is 52.7. The molecule has 2 saturated heterocycles. The first kappa shape index (κ1) is 31.3. The van der Waals surface area contributed by atoms with Crippen molar-refractivity contribution in [2.45, 2.75) is 31.6 Å². The maximum atomic E-state index is 15.0. The number of rotatable bonds is 8. The molecule has 0 bridgehead atoms. The number of carboxylic acid groups (broad SMARTS) is 1. The van der Waals surface area contributed by atoms with Crippen LogP contribution in [-0.2, 0) is 6.54 Å². The van der Waals surface area contributed by atoms with Gasteiger partial charge >= 0.3 is 18.3 Å². The lowest BCUT2D eigenvalue weighted by atomic mass is 10.1. The lowest BCUT2D eigenvalue weighted by Crippen LogP contribution is -2.49. The van der Waals surface area contributed by atoms with Crippen LogP contribution >= 0.6 is 11.6 Å². The Labute approximate surface area is 244 Å². The molecule has 228 valence electrons. The second kappa shape index (κ2) is 13.6. The number of carbonyl (C=O) groups is 3. The van der Waals surface area contributed by atoms with Gasteiger partial charge in [0, 0.05) is 50.8 Å². The van der Waals surface area contributed by atoms with E-state index in [1.807, 2.05) is 4.90 Å². The van der Waals surface area contributed by atoms with Crippen LogP contribution in [0.1, 0.15) is 28.8 Å². The van der Waals surface area contributed by atoms with E-state index in [4.69, 9.17) is 11.6 Å². The zero-order valence-electron chi connectivity index (χ0n) is 22.5. The van der Waals surface area contributed by atoms with Crippen molar-refractivity contribution in [3.05, 3.63) is 58.4 Å². The second-order valence-electron chi connectivity index (χ2n) is 10.1. The first-order valence-corrected chi connectivity index (χ1v) is 13.7. The molecule has 1 atom stereocenters. The van der Waals surface area contributed by atoms with Crippen LogP contribution in [0.2, 0.25) is 5.02 Å². The number of nitrogens with zero attached hydrogens (tertiary/aromatic N) is 3. The minimum absolute atomic E-state index is 0.0920. The van der Waals surface area contributed by atoms with Gasteiger partial charge in [-0.25, -0.2) is 18.9 Å². The van der Waals surface area contributed by atoms with Crippen molar-refractivity contribution in [1.29, 1.82) is 0 Å². The van der Waals surface area contributed by atoms with Crippen LogP contribution in [-0.4, -0.2) is 91.0 Å². The molecule has 10 nitrogen and oxygen atoms in total. The predicted octanol–water partition coefficient (Wildman–Crippen LogP) is 4.36. The fourth-order valence-corrected chi connectivity index (χ4v) is 5.11. The summed E-state index contributed by atoms with van der Waals surface area (Å²) in [6, 6.07) is 7.23. The van der Waals surface area contributed by atoms with E-state index in [-0.39, 0.29) is 18.7 Å². The summed E-state index contributed by atoms with van der Waals surface area (Å²) >= 11 is 6.18. The lowest BCUT2D eigenvalue weighted by molar-refractivity contribution is -0.138. The normalized spacial score (nSPS) is 17.6. The Balaban J connectivity index is 1.37. The van der Waals surface area contributed by atoms with Crippen LogP contribution in [0, 0.1) is 5.82 Å². The highest BCUT2D eigenvalue weighted by atomic mass is 35.5. The summed E-state index contributed by atoms with van der Waals surface area (Å²) in [5.74, 6) is -1.58. The molecule has 4 N–H and O–H groups in total. The highest BCUT2D eigenvalue weighted by Crippen LogP contribution is 2.31. The molecule has 4 rings (SSSR count). The first-order valence-electron chi connectivity index (χ1n) is 13.4. The van der Waals surface area contributed by atoms with Gasteiger partial charge in [-0.3, -0.25) is 9.69 Å². The maximum absolute atomic E-state index is 15.0. The van der Waals surface area contributed by atoms with Crippen molar-refractivity contribution in [1.82, 2.24) is 20.4 Å². The quantitative estimate of drug-likeness (QED) is 0.327. The third kappa shape index (κ3) is 8.23. The van der Waals surface area contributed by atoms with Crippen LogP contribution in [0.5, 0.6) is 0 Å². The number of piperazine rings is 1. The van der Waals surface area contributed by atoms with Crippen molar-refractivity contribution in [3.8, 4) is 0 Å². The van der Waals surface area contributed by atoms with Gasteiger partial charge in [-0.2, -0.15) is 13.2 Å². The minimum Gasteiger partial charge on any atom is -0.465 e. The largest absolute Gasteiger partial charge is 0.465 e. The van der Waals surface area contributed by atoms with Crippen molar-refractivity contribution in [2.24, 2.45) is 0 Å². The summed E-state index contributed by atoms with van der Waals surface area (Å²) in [6.45, 7) is 2.30. The van der Waals surface area contributed by atoms with E-state index in [1.165, 1.54) is 12.1 Å². The average molecular weight is 615 g/mol. The number of carbonyl (C=O) groups excluding carboxylic acids is 2. The Bertz CT molecular complexity index is 1300. The predicted molar refractivity (Wildman–Crippen MR) is 149 cm³/mol. The van der Waals surface area contributed by atoms with Crippen molar-refractivity contribution in [2.75, 3.05) is 56.0 Å². The first-order chi connectivity index (χ1) is 19.9. The van der Waals surface area contributed by atoms with Gasteiger partial charge in [0.15, 0.2) is 0 Å². The molecule has 0 spiro atoms. The fraction of sp³-hybridized carbons (Fsp3) is 0.444. The van der Waals surface area contributed by atoms with Gasteiger partial charge in [-0.05, 0) is 48.9 Å². The molecule has 42 heavy (non-hydrogen) atoms. The van der Waals surface area contributed by atoms with Gasteiger partial charge in [-0.15, -0.1) is 0 Å². The zero-order valence-corrected chi connectivity index (χ0v) is 23.3. The van der Waals surface area contributed by atoms with Gasteiger partial charge < -0.3 is 26.0 Å². The summed E-state index contributed by atoms with van der Waals surface area (Å²) in [4.78, 5) is 41.4. The summed E-state index contributed by atoms with van der Waals surface area (Å²) in [6.07, 6.45) is -6.01. The van der Waals surface area contributed by atoms with Crippen molar-refractivity contribution >= 4 is 41.0 Å². The molecule has 2 fully saturated rings. The fourth-order valence-electron chi connectivity index (χ4n) is 4.94. The molecule has 0 aromatic heterocycles. The molecule has 2 aromatic carbocycles. The van der Waals surface area contributed by atoms with Gasteiger partial charge in [0.05, 0.1) is 29.4 Å². The van der Waals surface area contributed by atoms with Crippen LogP contribution in [0.4, 0.5) is 38.5 Å². The summed E-state index contributed by atoms with van der Waals surface area (Å²) in [5.41, 5.74) is 0.987. The minimum atomic E-state index is -4.22. The molecule has 0 aliphatic carbocycles. The lowest BCUT2D eigenvalue weighted by Gasteiger charge is -2.37. The molecule has 0 saturated carbocycles. The third-order valence-corrected chi connectivity index (χ3v) is 7.41. The van der Waals surface area contributed by atoms with Gasteiger partial charge in [0.1, 0.15) is 5.82 Å². The Morgan fingerprint density at radius 1 is 1.10 bits per heavy atom. The van der Waals surface area contributed by atoms with E-state index in [0.717, 1.165) is 6.07 Å². The summed E-state index contributed by atoms with van der Waals surface area (Å²) in [7, 11) is 0. The van der Waals surface area contributed by atoms with Crippen molar-refractivity contribution < 1.29 is 37.1 Å². The van der Waals surface area contributed by atoms with Gasteiger partial charge in [-0.1, -0.05) is 17.7 Å². The number of hydrogen-bond acceptors (Lipinski definition) is 6. The van der Waals surface area contributed by atoms with Gasteiger partial charge in [0.25, 0.3) is 5.91 Å². The Kier molecular flexibility index (Phi) is 10.1. The molecular weight excluding hydrogens is 584 g/mol. The molecular formula is C27H31ClF4N6O4. The van der Waals surface area contributed by atoms with E-state index >= 15 is 0 Å². The molecule has 2 aliphatic rings. The standard InChI is InChI=1S/C27H31ClF4N6O4/c28-18-2-4-22(23(14-18)37-11-9-36(10-12-37)8-6-27(30,31)32)35-24(39)20-3-1-17(13-21(20)29)15-34-25(40)38(26(41)42)19-5-7-33-16-19/h1-4,13-14,19,33H,5-12,15-16H2,(H,34,40)(H,35,39)(H,41,42). The number of alkyl halides is 3. The molecule has 0 radical (unpaired) electrons.